The van der Waals surface area contributed by atoms with Gasteiger partial charge in [0.15, 0.2) is 0 Å². The van der Waals surface area contributed by atoms with Crippen LogP contribution in [0, 0.1) is 11.3 Å². The molecule has 0 atom stereocenters. The molecule has 2 heteroatoms. The Labute approximate surface area is 123 Å². The molecule has 0 radical (unpaired) electrons. The molecule has 1 aromatic carbocycles. The molecule has 0 bridgehead atoms. The highest BCUT2D eigenvalue weighted by Crippen LogP contribution is 2.42. The molecule has 0 spiro atoms. The quantitative estimate of drug-likeness (QED) is 0.797. The van der Waals surface area contributed by atoms with E-state index in [0.29, 0.717) is 5.41 Å². The first-order valence-corrected chi connectivity index (χ1v) is 7.98. The highest BCUT2D eigenvalue weighted by Gasteiger charge is 2.33. The van der Waals surface area contributed by atoms with Gasteiger partial charge in [0.25, 0.3) is 0 Å². The molecular formula is C18H29NO. The van der Waals surface area contributed by atoms with E-state index >= 15 is 0 Å². The Kier molecular flexibility index (Phi) is 5.47. The van der Waals surface area contributed by atoms with Gasteiger partial charge in [-0.05, 0) is 36.7 Å². The van der Waals surface area contributed by atoms with E-state index in [-0.39, 0.29) is 0 Å². The highest BCUT2D eigenvalue weighted by atomic mass is 16.5. The van der Waals surface area contributed by atoms with Crippen LogP contribution in [0.1, 0.15) is 51.5 Å². The van der Waals surface area contributed by atoms with Gasteiger partial charge in [0, 0.05) is 18.7 Å². The number of hydrogen-bond donors (Lipinski definition) is 1. The molecular weight excluding hydrogens is 246 g/mol. The van der Waals surface area contributed by atoms with Gasteiger partial charge < -0.3 is 10.1 Å². The fourth-order valence-electron chi connectivity index (χ4n) is 3.76. The smallest absolute Gasteiger partial charge is 0.123 e. The van der Waals surface area contributed by atoms with Gasteiger partial charge >= 0.3 is 0 Å². The van der Waals surface area contributed by atoms with E-state index in [2.05, 4.69) is 31.3 Å². The summed E-state index contributed by atoms with van der Waals surface area (Å²) < 4.78 is 5.42. The minimum atomic E-state index is 0.538. The van der Waals surface area contributed by atoms with Crippen molar-refractivity contribution in [2.24, 2.45) is 11.3 Å². The van der Waals surface area contributed by atoms with Gasteiger partial charge in [-0.3, -0.25) is 0 Å². The molecule has 2 rings (SSSR count). The zero-order valence-electron chi connectivity index (χ0n) is 13.2. The summed E-state index contributed by atoms with van der Waals surface area (Å²) in [6.07, 6.45) is 6.95. The molecule has 1 aliphatic carbocycles. The van der Waals surface area contributed by atoms with Crippen LogP contribution < -0.4 is 10.1 Å². The topological polar surface area (TPSA) is 21.3 Å². The molecule has 2 nitrogen and oxygen atoms in total. The van der Waals surface area contributed by atoms with Crippen LogP contribution in [0.4, 0.5) is 0 Å². The molecule has 0 aliphatic heterocycles. The third-order valence-corrected chi connectivity index (χ3v) is 4.51. The van der Waals surface area contributed by atoms with E-state index in [0.717, 1.165) is 24.8 Å². The first kappa shape index (κ1) is 15.4. The number of rotatable bonds is 7. The van der Waals surface area contributed by atoms with Crippen LogP contribution in [-0.2, 0) is 6.54 Å². The van der Waals surface area contributed by atoms with Crippen LogP contribution in [-0.4, -0.2) is 13.7 Å². The van der Waals surface area contributed by atoms with Gasteiger partial charge in [-0.1, -0.05) is 44.9 Å². The van der Waals surface area contributed by atoms with E-state index in [1.165, 1.54) is 37.7 Å². The maximum atomic E-state index is 5.42. The monoisotopic (exact) mass is 275 g/mol. The molecule has 112 valence electrons. The Morgan fingerprint density at radius 3 is 2.55 bits per heavy atom. The van der Waals surface area contributed by atoms with Crippen molar-refractivity contribution >= 4 is 0 Å². The maximum absolute atomic E-state index is 5.42. The Balaban J connectivity index is 1.90. The molecule has 1 aromatic rings. The van der Waals surface area contributed by atoms with Crippen molar-refractivity contribution in [2.45, 2.75) is 52.5 Å². The number of nitrogens with one attached hydrogen (secondary N) is 1. The summed E-state index contributed by atoms with van der Waals surface area (Å²) in [5.74, 6) is 1.78. The van der Waals surface area contributed by atoms with Gasteiger partial charge in [0.1, 0.15) is 5.75 Å². The second-order valence-electron chi connectivity index (χ2n) is 6.72. The third kappa shape index (κ3) is 3.99. The predicted molar refractivity (Wildman–Crippen MR) is 85.1 cm³/mol. The molecule has 0 saturated heterocycles. The standard InChI is InChI=1S/C18H29NO/c1-15(2)12-18(10-6-7-11-18)14-19-13-16-8-4-5-9-17(16)20-3/h4-5,8-9,15,19H,6-7,10-14H2,1-3H3. The predicted octanol–water partition coefficient (Wildman–Crippen LogP) is 4.39. The number of benzene rings is 1. The molecule has 1 fully saturated rings. The van der Waals surface area contributed by atoms with E-state index in [9.17, 15) is 0 Å². The molecule has 1 N–H and O–H groups in total. The first-order chi connectivity index (χ1) is 9.65. The van der Waals surface area contributed by atoms with E-state index in [1.54, 1.807) is 7.11 Å². The summed E-state index contributed by atoms with van der Waals surface area (Å²) in [5, 5.41) is 3.68. The van der Waals surface area contributed by atoms with Crippen molar-refractivity contribution in [3.63, 3.8) is 0 Å². The lowest BCUT2D eigenvalue weighted by atomic mass is 9.78. The number of ether oxygens (including phenoxy) is 1. The van der Waals surface area contributed by atoms with Crippen LogP contribution in [0.3, 0.4) is 0 Å². The normalized spacial score (nSPS) is 17.6. The summed E-state index contributed by atoms with van der Waals surface area (Å²) in [7, 11) is 1.75. The summed E-state index contributed by atoms with van der Waals surface area (Å²) in [6.45, 7) is 6.74. The Hall–Kier alpha value is -1.02. The van der Waals surface area contributed by atoms with Crippen LogP contribution in [0.25, 0.3) is 0 Å². The van der Waals surface area contributed by atoms with E-state index in [1.807, 2.05) is 12.1 Å². The lowest BCUT2D eigenvalue weighted by molar-refractivity contribution is 0.223. The second kappa shape index (κ2) is 7.12. The zero-order valence-corrected chi connectivity index (χ0v) is 13.2. The Bertz CT molecular complexity index is 408. The number of hydrogen-bond acceptors (Lipinski definition) is 2. The van der Waals surface area contributed by atoms with Crippen molar-refractivity contribution in [3.05, 3.63) is 29.8 Å². The van der Waals surface area contributed by atoms with Gasteiger partial charge in [0.05, 0.1) is 7.11 Å². The summed E-state index contributed by atoms with van der Waals surface area (Å²) >= 11 is 0. The molecule has 1 saturated carbocycles. The fourth-order valence-corrected chi connectivity index (χ4v) is 3.76. The van der Waals surface area contributed by atoms with Gasteiger partial charge in [0.2, 0.25) is 0 Å². The van der Waals surface area contributed by atoms with Gasteiger partial charge in [-0.15, -0.1) is 0 Å². The van der Waals surface area contributed by atoms with Crippen molar-refractivity contribution in [1.82, 2.24) is 5.32 Å². The average Bonchev–Trinajstić information content (AvgIpc) is 2.87. The van der Waals surface area contributed by atoms with Gasteiger partial charge in [-0.25, -0.2) is 0 Å². The van der Waals surface area contributed by atoms with Crippen molar-refractivity contribution in [2.75, 3.05) is 13.7 Å². The molecule has 0 aromatic heterocycles. The first-order valence-electron chi connectivity index (χ1n) is 7.98. The Morgan fingerprint density at radius 2 is 1.90 bits per heavy atom. The lowest BCUT2D eigenvalue weighted by Gasteiger charge is -2.31. The number of methoxy groups -OCH3 is 1. The maximum Gasteiger partial charge on any atom is 0.123 e. The van der Waals surface area contributed by atoms with Crippen molar-refractivity contribution in [3.8, 4) is 5.75 Å². The molecule has 20 heavy (non-hydrogen) atoms. The lowest BCUT2D eigenvalue weighted by Crippen LogP contribution is -2.33. The van der Waals surface area contributed by atoms with Crippen molar-refractivity contribution < 1.29 is 4.74 Å². The highest BCUT2D eigenvalue weighted by molar-refractivity contribution is 5.32. The zero-order chi connectivity index (χ0) is 14.4. The molecule has 1 aliphatic rings. The summed E-state index contributed by atoms with van der Waals surface area (Å²) in [4.78, 5) is 0. The number of para-hydroxylation sites is 1. The second-order valence-corrected chi connectivity index (χ2v) is 6.72. The van der Waals surface area contributed by atoms with Crippen LogP contribution >= 0.6 is 0 Å². The molecule has 0 amide bonds. The summed E-state index contributed by atoms with van der Waals surface area (Å²) in [6, 6.07) is 8.30. The van der Waals surface area contributed by atoms with Crippen molar-refractivity contribution in [1.29, 1.82) is 0 Å². The minimum absolute atomic E-state index is 0.538. The van der Waals surface area contributed by atoms with E-state index < -0.39 is 0 Å². The van der Waals surface area contributed by atoms with Crippen LogP contribution in [0.15, 0.2) is 24.3 Å². The Morgan fingerprint density at radius 1 is 1.20 bits per heavy atom. The van der Waals surface area contributed by atoms with Crippen LogP contribution in [0.5, 0.6) is 5.75 Å². The molecule has 0 heterocycles. The minimum Gasteiger partial charge on any atom is -0.496 e. The van der Waals surface area contributed by atoms with Gasteiger partial charge in [-0.2, -0.15) is 0 Å². The SMILES string of the molecule is COc1ccccc1CNCC1(CC(C)C)CCCC1. The average molecular weight is 275 g/mol. The summed E-state index contributed by atoms with van der Waals surface area (Å²) in [5.41, 5.74) is 1.80. The van der Waals surface area contributed by atoms with E-state index in [4.69, 9.17) is 4.74 Å². The third-order valence-electron chi connectivity index (χ3n) is 4.51. The fraction of sp³-hybridized carbons (Fsp3) is 0.667. The largest absolute Gasteiger partial charge is 0.496 e. The van der Waals surface area contributed by atoms with Crippen LogP contribution in [0.2, 0.25) is 0 Å². The molecule has 0 unspecified atom stereocenters.